The van der Waals surface area contributed by atoms with Crippen LogP contribution in [0.1, 0.15) is 20.8 Å². The Morgan fingerprint density at radius 2 is 2.13 bits per heavy atom. The molecule has 0 spiro atoms. The zero-order chi connectivity index (χ0) is 11.5. The molecule has 4 heteroatoms. The Labute approximate surface area is 89.7 Å². The van der Waals surface area contributed by atoms with Gasteiger partial charge in [-0.15, -0.1) is 0 Å². The van der Waals surface area contributed by atoms with Gasteiger partial charge in [0.2, 0.25) is 6.08 Å². The molecule has 0 radical (unpaired) electrons. The lowest BCUT2D eigenvalue weighted by molar-refractivity contribution is 0.534. The van der Waals surface area contributed by atoms with Gasteiger partial charge < -0.3 is 4.90 Å². The summed E-state index contributed by atoms with van der Waals surface area (Å²) in [5.41, 5.74) is 0.558. The maximum atomic E-state index is 10.1. The van der Waals surface area contributed by atoms with Crippen LogP contribution >= 0.6 is 0 Å². The van der Waals surface area contributed by atoms with Gasteiger partial charge in [-0.2, -0.15) is 4.99 Å². The van der Waals surface area contributed by atoms with E-state index in [0.29, 0.717) is 5.69 Å². The second-order valence-corrected chi connectivity index (χ2v) is 4.31. The first-order valence-electron chi connectivity index (χ1n) is 4.73. The highest BCUT2D eigenvalue weighted by Crippen LogP contribution is 2.22. The molecule has 4 nitrogen and oxygen atoms in total. The van der Waals surface area contributed by atoms with Gasteiger partial charge in [0.1, 0.15) is 5.82 Å². The summed E-state index contributed by atoms with van der Waals surface area (Å²) in [6.07, 6.45) is 3.15. The van der Waals surface area contributed by atoms with Crippen LogP contribution in [0.25, 0.3) is 0 Å². The summed E-state index contributed by atoms with van der Waals surface area (Å²) < 4.78 is 0. The van der Waals surface area contributed by atoms with Crippen LogP contribution in [0.3, 0.4) is 0 Å². The van der Waals surface area contributed by atoms with Gasteiger partial charge in [0.15, 0.2) is 0 Å². The van der Waals surface area contributed by atoms with Gasteiger partial charge in [-0.25, -0.2) is 9.78 Å². The van der Waals surface area contributed by atoms with E-state index in [-0.39, 0.29) is 5.54 Å². The highest BCUT2D eigenvalue weighted by atomic mass is 16.1. The minimum absolute atomic E-state index is 0.0173. The van der Waals surface area contributed by atoms with Gasteiger partial charge in [0.25, 0.3) is 0 Å². The van der Waals surface area contributed by atoms with Crippen molar-refractivity contribution in [2.75, 3.05) is 11.9 Å². The topological polar surface area (TPSA) is 45.6 Å². The van der Waals surface area contributed by atoms with E-state index in [0.717, 1.165) is 5.82 Å². The van der Waals surface area contributed by atoms with Crippen molar-refractivity contribution in [3.63, 3.8) is 0 Å². The average Bonchev–Trinajstić information content (AvgIpc) is 2.16. The van der Waals surface area contributed by atoms with E-state index in [4.69, 9.17) is 0 Å². The number of nitrogens with zero attached hydrogens (tertiary/aromatic N) is 3. The molecule has 0 aromatic carbocycles. The Morgan fingerprint density at radius 1 is 1.47 bits per heavy atom. The number of rotatable bonds is 2. The zero-order valence-electron chi connectivity index (χ0n) is 9.48. The van der Waals surface area contributed by atoms with Crippen LogP contribution in [0.4, 0.5) is 11.5 Å². The first kappa shape index (κ1) is 11.4. The molecule has 1 aromatic rings. The third-order valence-corrected chi connectivity index (χ3v) is 2.25. The third kappa shape index (κ3) is 2.89. The summed E-state index contributed by atoms with van der Waals surface area (Å²) in [6.45, 7) is 6.26. The van der Waals surface area contributed by atoms with Crippen LogP contribution in [0.5, 0.6) is 0 Å². The molecule has 0 unspecified atom stereocenters. The van der Waals surface area contributed by atoms with Crippen LogP contribution in [0.2, 0.25) is 0 Å². The van der Waals surface area contributed by atoms with Crippen molar-refractivity contribution in [2.45, 2.75) is 26.3 Å². The fraction of sp³-hybridized carbons (Fsp3) is 0.455. The molecule has 0 saturated carbocycles. The van der Waals surface area contributed by atoms with E-state index in [2.05, 4.69) is 30.7 Å². The van der Waals surface area contributed by atoms with E-state index in [1.165, 1.54) is 6.08 Å². The van der Waals surface area contributed by atoms with Gasteiger partial charge in [0.05, 0.1) is 5.69 Å². The molecule has 0 aliphatic rings. The highest BCUT2D eigenvalue weighted by Gasteiger charge is 2.18. The van der Waals surface area contributed by atoms with E-state index < -0.39 is 0 Å². The smallest absolute Gasteiger partial charge is 0.240 e. The molecule has 1 heterocycles. The summed E-state index contributed by atoms with van der Waals surface area (Å²) in [7, 11) is 1.96. The molecule has 0 atom stereocenters. The number of aliphatic imine (C=N–C) groups is 1. The molecule has 0 fully saturated rings. The summed E-state index contributed by atoms with van der Waals surface area (Å²) in [5.74, 6) is 0.791. The van der Waals surface area contributed by atoms with Crippen molar-refractivity contribution in [1.29, 1.82) is 0 Å². The van der Waals surface area contributed by atoms with Crippen LogP contribution in [-0.2, 0) is 4.79 Å². The second kappa shape index (κ2) is 4.24. The van der Waals surface area contributed by atoms with Crippen molar-refractivity contribution in [1.82, 2.24) is 4.98 Å². The molecule has 0 N–H and O–H groups in total. The molecule has 15 heavy (non-hydrogen) atoms. The van der Waals surface area contributed by atoms with Gasteiger partial charge in [0, 0.05) is 24.8 Å². The van der Waals surface area contributed by atoms with Crippen molar-refractivity contribution >= 4 is 17.6 Å². The lowest BCUT2D eigenvalue weighted by Crippen LogP contribution is -2.38. The van der Waals surface area contributed by atoms with Crippen molar-refractivity contribution in [2.24, 2.45) is 4.99 Å². The SMILES string of the molecule is CN(c1cc(N=C=O)ccn1)C(C)(C)C. The van der Waals surface area contributed by atoms with Crippen LogP contribution in [0, 0.1) is 0 Å². The lowest BCUT2D eigenvalue weighted by Gasteiger charge is -2.32. The Morgan fingerprint density at radius 3 is 2.67 bits per heavy atom. The first-order valence-corrected chi connectivity index (χ1v) is 4.73. The number of hydrogen-bond donors (Lipinski definition) is 0. The maximum absolute atomic E-state index is 10.1. The largest absolute Gasteiger partial charge is 0.355 e. The maximum Gasteiger partial charge on any atom is 0.240 e. The summed E-state index contributed by atoms with van der Waals surface area (Å²) in [4.78, 5) is 19.9. The minimum atomic E-state index is -0.0173. The van der Waals surface area contributed by atoms with Gasteiger partial charge in [-0.3, -0.25) is 0 Å². The highest BCUT2D eigenvalue weighted by molar-refractivity contribution is 5.55. The standard InChI is InChI=1S/C11H15N3O/c1-11(2,3)14(4)10-7-9(13-8-15)5-6-12-10/h5-7H,1-4H3. The molecule has 0 aliphatic carbocycles. The van der Waals surface area contributed by atoms with Crippen molar-refractivity contribution < 1.29 is 4.79 Å². The molecular formula is C11H15N3O. The molecule has 0 saturated heterocycles. The fourth-order valence-electron chi connectivity index (χ4n) is 1.06. The molecular weight excluding hydrogens is 190 g/mol. The zero-order valence-corrected chi connectivity index (χ0v) is 9.48. The second-order valence-electron chi connectivity index (χ2n) is 4.31. The quantitative estimate of drug-likeness (QED) is 0.549. The molecule has 80 valence electrons. The monoisotopic (exact) mass is 205 g/mol. The Bertz CT molecular complexity index is 389. The molecule has 0 amide bonds. The van der Waals surface area contributed by atoms with Crippen LogP contribution in [-0.4, -0.2) is 23.7 Å². The summed E-state index contributed by atoms with van der Waals surface area (Å²) in [6, 6.07) is 3.43. The number of pyridine rings is 1. The lowest BCUT2D eigenvalue weighted by atomic mass is 10.1. The van der Waals surface area contributed by atoms with Crippen molar-refractivity contribution in [3.05, 3.63) is 18.3 Å². The third-order valence-electron chi connectivity index (χ3n) is 2.25. The van der Waals surface area contributed by atoms with E-state index in [9.17, 15) is 4.79 Å². The first-order chi connectivity index (χ1) is 6.95. The predicted molar refractivity (Wildman–Crippen MR) is 60.2 cm³/mol. The number of carbonyl (C=O) groups excluding carboxylic acids is 1. The molecule has 0 aliphatic heterocycles. The summed E-state index contributed by atoms with van der Waals surface area (Å²) in [5, 5.41) is 0. The Balaban J connectivity index is 3.05. The number of anilines is 1. The Hall–Kier alpha value is -1.67. The van der Waals surface area contributed by atoms with Crippen LogP contribution in [0.15, 0.2) is 23.3 Å². The number of hydrogen-bond acceptors (Lipinski definition) is 4. The van der Waals surface area contributed by atoms with Gasteiger partial charge in [-0.05, 0) is 26.8 Å². The summed E-state index contributed by atoms with van der Waals surface area (Å²) >= 11 is 0. The Kier molecular flexibility index (Phi) is 3.22. The van der Waals surface area contributed by atoms with E-state index >= 15 is 0 Å². The van der Waals surface area contributed by atoms with Gasteiger partial charge >= 0.3 is 0 Å². The van der Waals surface area contributed by atoms with Gasteiger partial charge in [-0.1, -0.05) is 0 Å². The van der Waals surface area contributed by atoms with E-state index in [1.807, 2.05) is 11.9 Å². The number of aromatic nitrogens is 1. The number of isocyanates is 1. The fourth-order valence-corrected chi connectivity index (χ4v) is 1.06. The normalized spacial score (nSPS) is 10.7. The van der Waals surface area contributed by atoms with Crippen molar-refractivity contribution in [3.8, 4) is 0 Å². The molecule has 1 aromatic heterocycles. The minimum Gasteiger partial charge on any atom is -0.355 e. The van der Waals surface area contributed by atoms with Crippen LogP contribution < -0.4 is 4.90 Å². The predicted octanol–water partition coefficient (Wildman–Crippen LogP) is 2.28. The molecule has 1 rings (SSSR count). The average molecular weight is 205 g/mol. The van der Waals surface area contributed by atoms with E-state index in [1.54, 1.807) is 18.3 Å². The molecule has 0 bridgehead atoms.